The van der Waals surface area contributed by atoms with Gasteiger partial charge < -0.3 is 67.4 Å². The Kier molecular flexibility index (Phi) is 22.5. The molecule has 0 aliphatic carbocycles. The number of fused-ring (bicyclic) bond motifs is 10. The second-order valence-corrected chi connectivity index (χ2v) is 26.0. The van der Waals surface area contributed by atoms with E-state index >= 15 is 0 Å². The number of aliphatic hydroxyl groups is 2. The normalized spacial score (nSPS) is 34.4. The molecule has 8 bridgehead atoms. The third kappa shape index (κ3) is 16.1. The lowest BCUT2D eigenvalue weighted by atomic mass is 9.83. The molecule has 2 aromatic carbocycles. The zero-order chi connectivity index (χ0) is 65.8. The van der Waals surface area contributed by atoms with Crippen LogP contribution in [0.2, 0.25) is 10.0 Å². The lowest BCUT2D eigenvalue weighted by molar-refractivity contribution is -0.158. The van der Waals surface area contributed by atoms with Crippen molar-refractivity contribution in [2.24, 2.45) is 23.7 Å². The highest BCUT2D eigenvalue weighted by Crippen LogP contribution is 2.51. The number of benzene rings is 2. The summed E-state index contributed by atoms with van der Waals surface area (Å²) in [4.78, 5) is 81.6. The Morgan fingerprint density at radius 3 is 1.42 bits per heavy atom. The predicted octanol–water partition coefficient (Wildman–Crippen LogP) is 9.04. The van der Waals surface area contributed by atoms with Crippen LogP contribution in [0.15, 0.2) is 71.9 Å². The monoisotopic (exact) mass is 1280 g/mol. The first-order chi connectivity index (χ1) is 41.7. The average Bonchev–Trinajstić information content (AvgIpc) is 1.63. The number of allylic oxidation sites excluding steroid dienone is 6. The third-order valence-electron chi connectivity index (χ3n) is 17.5. The van der Waals surface area contributed by atoms with Gasteiger partial charge in [0.1, 0.15) is 69.4 Å². The summed E-state index contributed by atoms with van der Waals surface area (Å²) in [5.74, 6) is -2.08. The second-order valence-electron chi connectivity index (χ2n) is 25.3. The quantitative estimate of drug-likeness (QED) is 0.104. The van der Waals surface area contributed by atoms with Crippen molar-refractivity contribution in [3.63, 3.8) is 0 Å². The first kappa shape index (κ1) is 70.2. The molecule has 4 saturated heterocycles. The van der Waals surface area contributed by atoms with Crippen LogP contribution < -0.4 is 29.9 Å². The minimum atomic E-state index is -1.77. The van der Waals surface area contributed by atoms with Gasteiger partial charge in [-0.05, 0) is 81.8 Å². The number of alkyl carbamates (subject to hydrolysis) is 2. The molecule has 4 amide bonds. The first-order valence-corrected chi connectivity index (χ1v) is 30.7. The zero-order valence-electron chi connectivity index (χ0n) is 53.7. The molecule has 89 heavy (non-hydrogen) atoms. The van der Waals surface area contributed by atoms with Crippen molar-refractivity contribution >= 4 is 70.5 Å². The highest BCUT2D eigenvalue weighted by molar-refractivity contribution is 6.35. The molecule has 14 atom stereocenters. The number of carbonyl (C=O) groups excluding carboxylic acids is 6. The van der Waals surface area contributed by atoms with Gasteiger partial charge in [0.2, 0.25) is 11.8 Å². The fourth-order valence-corrected chi connectivity index (χ4v) is 12.7. The molecule has 24 heteroatoms. The van der Waals surface area contributed by atoms with Crippen molar-refractivity contribution in [2.75, 3.05) is 52.3 Å². The van der Waals surface area contributed by atoms with Gasteiger partial charge in [0.05, 0.1) is 56.6 Å². The van der Waals surface area contributed by atoms with E-state index in [1.54, 1.807) is 66.1 Å². The number of ether oxygens (including phenoxy) is 10. The van der Waals surface area contributed by atoms with E-state index < -0.39 is 113 Å². The van der Waals surface area contributed by atoms with Gasteiger partial charge in [-0.2, -0.15) is 0 Å². The summed E-state index contributed by atoms with van der Waals surface area (Å²) in [6.07, 6.45) is 3.49. The topological polar surface area (TPSA) is 272 Å². The molecule has 6 aliphatic heterocycles. The Bertz CT molecular complexity index is 3120. The summed E-state index contributed by atoms with van der Waals surface area (Å²) >= 11 is 13.4. The maximum Gasteiger partial charge on any atom is 0.409 e. The van der Waals surface area contributed by atoms with Crippen LogP contribution in [-0.2, 0) is 69.9 Å². The van der Waals surface area contributed by atoms with Gasteiger partial charge in [0, 0.05) is 59.4 Å². The third-order valence-corrected chi connectivity index (χ3v) is 18.2. The summed E-state index contributed by atoms with van der Waals surface area (Å²) in [5.41, 5.74) is -1.17. The lowest BCUT2D eigenvalue weighted by Crippen LogP contribution is -2.63. The van der Waals surface area contributed by atoms with Gasteiger partial charge in [-0.1, -0.05) is 112 Å². The summed E-state index contributed by atoms with van der Waals surface area (Å²) in [6.45, 7) is 18.3. The first-order valence-electron chi connectivity index (χ1n) is 29.9. The number of hydrogen-bond acceptors (Lipinski definition) is 18. The van der Waals surface area contributed by atoms with Crippen LogP contribution in [0.1, 0.15) is 112 Å². The van der Waals surface area contributed by atoms with Crippen molar-refractivity contribution in [2.45, 2.75) is 186 Å². The minimum Gasteiger partial charge on any atom is -0.495 e. The smallest absolute Gasteiger partial charge is 0.409 e. The van der Waals surface area contributed by atoms with E-state index in [9.17, 15) is 39.0 Å². The molecule has 4 fully saturated rings. The molecule has 2 unspecified atom stereocenters. The van der Waals surface area contributed by atoms with Crippen LogP contribution in [0.5, 0.6) is 11.5 Å². The highest BCUT2D eigenvalue weighted by atomic mass is 35.5. The van der Waals surface area contributed by atoms with Gasteiger partial charge in [-0.3, -0.25) is 29.8 Å². The molecule has 4 N–H and O–H groups in total. The summed E-state index contributed by atoms with van der Waals surface area (Å²) in [7, 11) is 9.14. The summed E-state index contributed by atoms with van der Waals surface area (Å²) in [5, 5.41) is 28.8. The number of nitrogens with one attached hydrogen (secondary N) is 2. The zero-order valence-corrected chi connectivity index (χ0v) is 55.2. The van der Waals surface area contributed by atoms with E-state index in [-0.39, 0.29) is 59.9 Å². The molecule has 0 radical (unpaired) electrons. The lowest BCUT2D eigenvalue weighted by Gasteiger charge is -2.42. The van der Waals surface area contributed by atoms with Crippen LogP contribution in [0.25, 0.3) is 0 Å². The number of epoxide rings is 2. The molecule has 0 spiro atoms. The maximum absolute atomic E-state index is 13.8. The Morgan fingerprint density at radius 2 is 1.06 bits per heavy atom. The van der Waals surface area contributed by atoms with Gasteiger partial charge >= 0.3 is 24.1 Å². The summed E-state index contributed by atoms with van der Waals surface area (Å²) in [6, 6.07) is 7.27. The number of anilines is 2. The number of hydrogen-bond donors (Lipinski definition) is 4. The van der Waals surface area contributed by atoms with Gasteiger partial charge in [0.25, 0.3) is 0 Å². The number of rotatable bonds is 9. The van der Waals surface area contributed by atoms with Crippen molar-refractivity contribution in [1.82, 2.24) is 10.6 Å². The molecule has 22 nitrogen and oxygen atoms in total. The number of esters is 2. The van der Waals surface area contributed by atoms with Crippen LogP contribution >= 0.6 is 23.2 Å². The number of halogens is 2. The molecular formula is C65H88Cl2N4O18. The number of nitrogens with zero attached hydrogens (tertiary/aromatic N) is 2. The van der Waals surface area contributed by atoms with Crippen molar-refractivity contribution in [1.29, 1.82) is 0 Å². The van der Waals surface area contributed by atoms with Crippen molar-refractivity contribution < 1.29 is 86.3 Å². The fraction of sp³-hybridized carbons (Fsp3) is 0.600. The fourth-order valence-electron chi connectivity index (χ4n) is 12.0. The van der Waals surface area contributed by atoms with Crippen LogP contribution in [0.4, 0.5) is 21.0 Å². The standard InChI is InChI=1S/C33H45ClN2O9.C32H43ClN2O9/c1-18(2)12-28(38)44-26-16-27(37)36(6)22-14-21(15-23(41-7)29(22)34)13-19(3)10-9-11-25(42-8)33(40)17-24(43-31(39)35-33)20(4)30-32(26,5)45-30;1-17(2)29(37)43-25-15-26(36)35(6)21-13-20(14-22(40-7)27(21)33)12-18(3)10-9-11-24(41-8)32(39)16-23(42-30(38)34-32)19(4)28-31(25,5)44-28/h9-11,14-15,18,20,24-26,30,40H,12-13,16-17H2,1-8H3,(H,35,39);9-11,13-14,17,19,23-25,28,39H,12,15-16H2,1-8H3,(H,34,38)/b11-9+,19-10+;11-9+,18-10+/t20-,24+,25-,26+,30?,32+,33+;19-,23+,24-,25+,28?,31+,32+/m11/s1. The van der Waals surface area contributed by atoms with Crippen molar-refractivity contribution in [3.8, 4) is 11.5 Å². The minimum absolute atomic E-state index is 0.00361. The second kappa shape index (κ2) is 28.5. The van der Waals surface area contributed by atoms with Crippen LogP contribution in [0, 0.1) is 23.7 Å². The van der Waals surface area contributed by atoms with E-state index in [1.807, 2.05) is 78.0 Å². The molecule has 0 aromatic heterocycles. The van der Waals surface area contributed by atoms with E-state index in [0.29, 0.717) is 35.7 Å². The molecule has 490 valence electrons. The largest absolute Gasteiger partial charge is 0.495 e. The highest BCUT2D eigenvalue weighted by Gasteiger charge is 2.66. The van der Waals surface area contributed by atoms with Gasteiger partial charge in [-0.25, -0.2) is 9.59 Å². The van der Waals surface area contributed by atoms with E-state index in [0.717, 1.165) is 22.3 Å². The van der Waals surface area contributed by atoms with Crippen molar-refractivity contribution in [3.05, 3.63) is 93.0 Å². The van der Waals surface area contributed by atoms with Gasteiger partial charge in [-0.15, -0.1) is 0 Å². The van der Waals surface area contributed by atoms with Crippen LogP contribution in [-0.4, -0.2) is 160 Å². The number of carbonyl (C=O) groups is 6. The Balaban J connectivity index is 0.000000254. The van der Waals surface area contributed by atoms with E-state index in [2.05, 4.69) is 10.6 Å². The number of methoxy groups -OCH3 is 4. The SMILES string of the molecule is COc1cc2cc(c1Cl)N(C)C(=O)C[C@H](OC(=O)C(C)C)[C@]1(C)OC1[C@H](C)[C@@H]1C[C@@](O)(NC(=O)O1)[C@H](OC)/C=C/C=C(\C)C2.COc1cc2cc(c1Cl)N(C)C(=O)C[C@H](OC(=O)CC(C)C)[C@]1(C)OC1[C@H](C)[C@@H]1C[C@@](O)(NC(=O)O1)[C@H](OC)/C=C/C=C(\C)C2. The van der Waals surface area contributed by atoms with Gasteiger partial charge in [0.15, 0.2) is 11.4 Å². The Labute approximate surface area is 531 Å². The molecule has 6 aliphatic rings. The van der Waals surface area contributed by atoms with E-state index in [4.69, 9.17) is 70.6 Å². The van der Waals surface area contributed by atoms with Crippen LogP contribution in [0.3, 0.4) is 0 Å². The molecule has 0 saturated carbocycles. The average molecular weight is 1280 g/mol. The van der Waals surface area contributed by atoms with E-state index in [1.165, 1.54) is 38.2 Å². The number of amides is 4. The Morgan fingerprint density at radius 1 is 0.663 bits per heavy atom. The molecule has 6 heterocycles. The summed E-state index contributed by atoms with van der Waals surface area (Å²) < 4.78 is 57.7. The predicted molar refractivity (Wildman–Crippen MR) is 332 cm³/mol. The molecule has 2 aromatic rings. The maximum atomic E-state index is 13.8. The molecule has 8 rings (SSSR count). The molecular weight excluding hydrogens is 1200 g/mol. The Hall–Kier alpha value is -6.24.